The molecule has 160 valence electrons. The molecule has 3 amide bonds. The number of rotatable bonds is 7. The molecule has 2 aromatic carbocycles. The lowest BCUT2D eigenvalue weighted by molar-refractivity contribution is -0.385. The van der Waals surface area contributed by atoms with Crippen LogP contribution in [0, 0.1) is 10.1 Å². The second-order valence-corrected chi connectivity index (χ2v) is 6.55. The van der Waals surface area contributed by atoms with Crippen molar-refractivity contribution in [2.75, 3.05) is 19.5 Å². The van der Waals surface area contributed by atoms with E-state index in [1.54, 1.807) is 0 Å². The fraction of sp³-hybridized carbons (Fsp3) is 0.300. The number of amides is 3. The summed E-state index contributed by atoms with van der Waals surface area (Å²) in [7, 11) is 2.41. The predicted octanol–water partition coefficient (Wildman–Crippen LogP) is 4.35. The first kappa shape index (κ1) is 23.0. The summed E-state index contributed by atoms with van der Waals surface area (Å²) < 4.78 is 10.2. The molecule has 0 fully saturated rings. The van der Waals surface area contributed by atoms with Crippen LogP contribution < -0.4 is 20.1 Å². The fourth-order valence-electron chi connectivity index (χ4n) is 3.06. The second kappa shape index (κ2) is 9.93. The van der Waals surface area contributed by atoms with Crippen LogP contribution in [0.25, 0.3) is 0 Å². The summed E-state index contributed by atoms with van der Waals surface area (Å²) in [6, 6.07) is 5.86. The van der Waals surface area contributed by atoms with Crippen molar-refractivity contribution < 1.29 is 24.0 Å². The lowest BCUT2D eigenvalue weighted by atomic mass is 10.0. The van der Waals surface area contributed by atoms with Crippen LogP contribution in [-0.2, 0) is 12.8 Å². The van der Waals surface area contributed by atoms with Gasteiger partial charge in [0.05, 0.1) is 24.2 Å². The third kappa shape index (κ3) is 4.62. The first-order valence-corrected chi connectivity index (χ1v) is 9.48. The Balaban J connectivity index is 2.41. The Morgan fingerprint density at radius 2 is 1.67 bits per heavy atom. The van der Waals surface area contributed by atoms with Crippen molar-refractivity contribution in [3.05, 3.63) is 56.1 Å². The zero-order chi connectivity index (χ0) is 22.4. The molecular weight excluding hydrogens is 414 g/mol. The summed E-state index contributed by atoms with van der Waals surface area (Å²) >= 11 is 6.03. The largest absolute Gasteiger partial charge is 0.494 e. The van der Waals surface area contributed by atoms with Crippen molar-refractivity contribution in [1.82, 2.24) is 5.32 Å². The van der Waals surface area contributed by atoms with E-state index in [0.717, 1.165) is 24.3 Å². The number of nitro benzene ring substituents is 1. The number of methoxy groups -OCH3 is 2. The van der Waals surface area contributed by atoms with E-state index >= 15 is 0 Å². The molecule has 10 heteroatoms. The summed E-state index contributed by atoms with van der Waals surface area (Å²) in [6.45, 7) is 3.90. The lowest BCUT2D eigenvalue weighted by Crippen LogP contribution is -2.35. The molecule has 0 aliphatic carbocycles. The van der Waals surface area contributed by atoms with E-state index in [4.69, 9.17) is 21.1 Å². The van der Waals surface area contributed by atoms with Gasteiger partial charge in [-0.1, -0.05) is 43.6 Å². The molecule has 0 atom stereocenters. The molecule has 0 heterocycles. The van der Waals surface area contributed by atoms with Crippen molar-refractivity contribution in [1.29, 1.82) is 0 Å². The van der Waals surface area contributed by atoms with Crippen molar-refractivity contribution >= 4 is 34.9 Å². The van der Waals surface area contributed by atoms with Gasteiger partial charge in [-0.15, -0.1) is 0 Å². The number of benzene rings is 2. The van der Waals surface area contributed by atoms with Crippen LogP contribution in [0.2, 0.25) is 5.02 Å². The highest BCUT2D eigenvalue weighted by atomic mass is 35.5. The van der Waals surface area contributed by atoms with Crippen molar-refractivity contribution in [3.8, 4) is 11.5 Å². The molecule has 30 heavy (non-hydrogen) atoms. The minimum absolute atomic E-state index is 0.146. The maximum atomic E-state index is 12.8. The van der Waals surface area contributed by atoms with Crippen LogP contribution in [0.1, 0.15) is 35.3 Å². The number of carbonyl (C=O) groups is 2. The molecule has 0 aromatic heterocycles. The summed E-state index contributed by atoms with van der Waals surface area (Å²) in [5.41, 5.74) is 1.55. The van der Waals surface area contributed by atoms with Crippen LogP contribution in [-0.4, -0.2) is 31.1 Å². The van der Waals surface area contributed by atoms with Gasteiger partial charge in [-0.2, -0.15) is 0 Å². The summed E-state index contributed by atoms with van der Waals surface area (Å²) in [4.78, 5) is 36.0. The van der Waals surface area contributed by atoms with E-state index < -0.39 is 22.5 Å². The van der Waals surface area contributed by atoms with E-state index in [9.17, 15) is 19.7 Å². The van der Waals surface area contributed by atoms with Gasteiger partial charge < -0.3 is 14.8 Å². The molecule has 0 unspecified atom stereocenters. The number of nitro groups is 1. The first-order chi connectivity index (χ1) is 14.3. The number of nitrogens with one attached hydrogen (secondary N) is 2. The zero-order valence-electron chi connectivity index (χ0n) is 17.0. The second-order valence-electron chi connectivity index (χ2n) is 6.14. The maximum absolute atomic E-state index is 12.8. The molecule has 2 N–H and O–H groups in total. The van der Waals surface area contributed by atoms with E-state index in [2.05, 4.69) is 10.6 Å². The highest BCUT2D eigenvalue weighted by Crippen LogP contribution is 2.42. The standard InChI is InChI=1S/C20H22ClN3O6/c1-5-11-8-7-9-12(6-2)16(11)22-20(26)23-19(25)15-17(29-3)13(21)10-14(24(27)28)18(15)30-4/h7-10H,5-6H2,1-4H3,(H2,22,23,25,26). The van der Waals surface area contributed by atoms with Gasteiger partial charge >= 0.3 is 11.7 Å². The third-order valence-corrected chi connectivity index (χ3v) is 4.74. The lowest BCUT2D eigenvalue weighted by Gasteiger charge is -2.16. The van der Waals surface area contributed by atoms with Crippen molar-refractivity contribution in [2.45, 2.75) is 26.7 Å². The quantitative estimate of drug-likeness (QED) is 0.492. The van der Waals surface area contributed by atoms with Gasteiger partial charge in [0.1, 0.15) is 5.56 Å². The van der Waals surface area contributed by atoms with E-state index in [0.29, 0.717) is 18.5 Å². The summed E-state index contributed by atoms with van der Waals surface area (Å²) in [6.07, 6.45) is 1.36. The van der Waals surface area contributed by atoms with E-state index in [-0.39, 0.29) is 22.1 Å². The van der Waals surface area contributed by atoms with Crippen molar-refractivity contribution in [3.63, 3.8) is 0 Å². The number of aryl methyl sites for hydroxylation is 2. The van der Waals surface area contributed by atoms with E-state index in [1.807, 2.05) is 32.0 Å². The summed E-state index contributed by atoms with van der Waals surface area (Å²) in [5.74, 6) is -1.47. The Bertz CT molecular complexity index is 971. The van der Waals surface area contributed by atoms with Gasteiger partial charge in [0.25, 0.3) is 5.91 Å². The maximum Gasteiger partial charge on any atom is 0.326 e. The summed E-state index contributed by atoms with van der Waals surface area (Å²) in [5, 5.41) is 16.0. The SMILES string of the molecule is CCc1cccc(CC)c1NC(=O)NC(=O)c1c(OC)c(Cl)cc([N+](=O)[O-])c1OC. The van der Waals surface area contributed by atoms with Gasteiger partial charge in [0, 0.05) is 11.8 Å². The number of hydrogen-bond donors (Lipinski definition) is 2. The smallest absolute Gasteiger partial charge is 0.326 e. The number of nitrogens with zero attached hydrogens (tertiary/aromatic N) is 1. The normalized spacial score (nSPS) is 10.3. The van der Waals surface area contributed by atoms with Gasteiger partial charge in [0.15, 0.2) is 5.75 Å². The minimum atomic E-state index is -0.959. The van der Waals surface area contributed by atoms with Crippen LogP contribution in [0.15, 0.2) is 24.3 Å². The first-order valence-electron chi connectivity index (χ1n) is 9.10. The van der Waals surface area contributed by atoms with Crippen LogP contribution in [0.3, 0.4) is 0 Å². The molecule has 0 bridgehead atoms. The average Bonchev–Trinajstić information content (AvgIpc) is 2.72. The van der Waals surface area contributed by atoms with Gasteiger partial charge in [0.2, 0.25) is 5.75 Å². The van der Waals surface area contributed by atoms with E-state index in [1.165, 1.54) is 7.11 Å². The molecule has 0 aliphatic heterocycles. The Morgan fingerprint density at radius 3 is 2.13 bits per heavy atom. The molecule has 2 aromatic rings. The van der Waals surface area contributed by atoms with Crippen LogP contribution in [0.4, 0.5) is 16.2 Å². The fourth-order valence-corrected chi connectivity index (χ4v) is 3.34. The minimum Gasteiger partial charge on any atom is -0.494 e. The molecule has 0 aliphatic rings. The van der Waals surface area contributed by atoms with Crippen LogP contribution in [0.5, 0.6) is 11.5 Å². The number of urea groups is 1. The number of imide groups is 1. The Morgan fingerprint density at radius 1 is 1.10 bits per heavy atom. The highest BCUT2D eigenvalue weighted by Gasteiger charge is 2.31. The molecule has 0 radical (unpaired) electrons. The number of ether oxygens (including phenoxy) is 2. The Labute approximate surface area is 178 Å². The average molecular weight is 436 g/mol. The molecule has 9 nitrogen and oxygen atoms in total. The number of halogens is 1. The van der Waals surface area contributed by atoms with Gasteiger partial charge in [-0.25, -0.2) is 4.79 Å². The third-order valence-electron chi connectivity index (χ3n) is 4.46. The Kier molecular flexibility index (Phi) is 7.60. The number of hydrogen-bond acceptors (Lipinski definition) is 6. The molecule has 2 rings (SSSR count). The Hall–Kier alpha value is -3.33. The molecule has 0 saturated heterocycles. The topological polar surface area (TPSA) is 120 Å². The highest BCUT2D eigenvalue weighted by molar-refractivity contribution is 6.33. The van der Waals surface area contributed by atoms with Gasteiger partial charge in [-0.05, 0) is 24.0 Å². The number of carbonyl (C=O) groups excluding carboxylic acids is 2. The predicted molar refractivity (Wildman–Crippen MR) is 113 cm³/mol. The zero-order valence-corrected chi connectivity index (χ0v) is 17.8. The molecule has 0 saturated carbocycles. The van der Waals surface area contributed by atoms with Gasteiger partial charge in [-0.3, -0.25) is 20.2 Å². The van der Waals surface area contributed by atoms with Crippen LogP contribution >= 0.6 is 11.6 Å². The number of para-hydroxylation sites is 1. The molecular formula is C20H22ClN3O6. The monoisotopic (exact) mass is 435 g/mol. The molecule has 0 spiro atoms. The number of anilines is 1. The van der Waals surface area contributed by atoms with Crippen molar-refractivity contribution in [2.24, 2.45) is 0 Å².